The van der Waals surface area contributed by atoms with Gasteiger partial charge in [0.15, 0.2) is 0 Å². The predicted molar refractivity (Wildman–Crippen MR) is 333 cm³/mol. The van der Waals surface area contributed by atoms with Gasteiger partial charge in [0.05, 0.1) is 55.7 Å². The zero-order valence-electron chi connectivity index (χ0n) is 43.7. The number of hydrogen-bond donors (Lipinski definition) is 0. The largest absolute Gasteiger partial charge is 0.456 e. The molecule has 7 heterocycles. The minimum Gasteiger partial charge on any atom is -0.456 e. The highest BCUT2D eigenvalue weighted by Crippen LogP contribution is 2.53. The molecule has 0 bridgehead atoms. The van der Waals surface area contributed by atoms with Crippen molar-refractivity contribution in [3.8, 4) is 40.3 Å². The molecule has 83 heavy (non-hydrogen) atoms. The average molecular weight is 1060 g/mol. The molecule has 0 amide bonds. The number of rotatable bonds is 4. The first-order valence-corrected chi connectivity index (χ1v) is 27.6. The van der Waals surface area contributed by atoms with Crippen LogP contribution < -0.4 is 0 Å². The van der Waals surface area contributed by atoms with E-state index >= 15 is 0 Å². The SMILES string of the molecule is N#Cc1c(-c2cccc3c2oc2ccccc23)c(-n2c3ccccc3c3c4c(ccc32)oc2ccccc24)c(-n2c3ccccc3c3c4c(ccc32)oc2ccccc24)c(C#N)c1-n1c2ccccc2c2c3c(ccc21)oc1ccccc13. The minimum atomic E-state index is 0.289. The summed E-state index contributed by atoms with van der Waals surface area (Å²) in [6.07, 6.45) is 0. The van der Waals surface area contributed by atoms with Crippen molar-refractivity contribution in [3.05, 3.63) is 236 Å². The summed E-state index contributed by atoms with van der Waals surface area (Å²) in [4.78, 5) is 0. The van der Waals surface area contributed by atoms with Gasteiger partial charge in [0.2, 0.25) is 0 Å². The maximum atomic E-state index is 12.8. The molecule has 12 aromatic carbocycles. The third kappa shape index (κ3) is 5.57. The number of nitrogens with zero attached hydrogens (tertiary/aromatic N) is 5. The van der Waals surface area contributed by atoms with Crippen LogP contribution in [0.1, 0.15) is 11.1 Å². The van der Waals surface area contributed by atoms with E-state index in [0.717, 1.165) is 142 Å². The quantitative estimate of drug-likeness (QED) is 0.173. The molecule has 19 aromatic rings. The van der Waals surface area contributed by atoms with E-state index in [4.69, 9.17) is 17.7 Å². The summed E-state index contributed by atoms with van der Waals surface area (Å²) in [5.74, 6) is 0. The lowest BCUT2D eigenvalue weighted by molar-refractivity contribution is 0.669. The second kappa shape index (κ2) is 16.0. The van der Waals surface area contributed by atoms with Crippen molar-refractivity contribution in [3.63, 3.8) is 0 Å². The van der Waals surface area contributed by atoms with Gasteiger partial charge < -0.3 is 31.4 Å². The number of para-hydroxylation sites is 8. The third-order valence-corrected chi connectivity index (χ3v) is 17.5. The smallest absolute Gasteiger partial charge is 0.143 e. The number of fused-ring (bicyclic) bond motifs is 24. The fourth-order valence-electron chi connectivity index (χ4n) is 14.3. The molecule has 0 saturated carbocycles. The standard InChI is InChI=1S/C74H37N5O4/c75-38-49-64(48-24-15-23-41-40-16-4-11-28-57(40)83-74(41)48)73(79-53-27-10-3-19-44(53)67-56(79)34-37-63-70(67)47-22-7-14-31-60(47)82-63)72(78-52-26-9-2-18-43(52)66-55(78)33-36-62-69(66)46-21-6-13-30-59(46)81-62)50(39-76)71(49)77-51-25-8-1-17-42(51)65-54(77)32-35-61-68(65)45-20-5-12-29-58(45)80-61/h1-37H. The Bertz CT molecular complexity index is 6230. The summed E-state index contributed by atoms with van der Waals surface area (Å²) >= 11 is 0. The van der Waals surface area contributed by atoms with Crippen molar-refractivity contribution in [1.82, 2.24) is 13.7 Å². The van der Waals surface area contributed by atoms with Gasteiger partial charge in [0, 0.05) is 86.5 Å². The van der Waals surface area contributed by atoms with Crippen LogP contribution in [0.15, 0.2) is 242 Å². The van der Waals surface area contributed by atoms with Crippen molar-refractivity contribution in [1.29, 1.82) is 10.5 Å². The Morgan fingerprint density at radius 1 is 0.253 bits per heavy atom. The first kappa shape index (κ1) is 44.1. The van der Waals surface area contributed by atoms with E-state index < -0.39 is 0 Å². The Morgan fingerprint density at radius 3 is 1.06 bits per heavy atom. The molecule has 0 saturated heterocycles. The van der Waals surface area contributed by atoms with Gasteiger partial charge in [0.25, 0.3) is 0 Å². The van der Waals surface area contributed by atoms with Crippen molar-refractivity contribution >= 4 is 153 Å². The molecule has 19 rings (SSSR count). The normalized spacial score (nSPS) is 12.3. The molecule has 0 atom stereocenters. The minimum absolute atomic E-state index is 0.289. The molecule has 0 fully saturated rings. The number of furan rings is 4. The van der Waals surface area contributed by atoms with Crippen LogP contribution in [0.25, 0.3) is 181 Å². The van der Waals surface area contributed by atoms with Crippen molar-refractivity contribution in [2.45, 2.75) is 0 Å². The summed E-state index contributed by atoms with van der Waals surface area (Å²) in [7, 11) is 0. The molecule has 382 valence electrons. The second-order valence-corrected chi connectivity index (χ2v) is 21.5. The van der Waals surface area contributed by atoms with Gasteiger partial charge in [-0.25, -0.2) is 0 Å². The maximum absolute atomic E-state index is 12.8. The highest BCUT2D eigenvalue weighted by molar-refractivity contribution is 6.31. The van der Waals surface area contributed by atoms with Gasteiger partial charge in [-0.15, -0.1) is 0 Å². The molecule has 0 spiro atoms. The van der Waals surface area contributed by atoms with Gasteiger partial charge in [-0.1, -0.05) is 146 Å². The van der Waals surface area contributed by atoms with Gasteiger partial charge in [0.1, 0.15) is 62.4 Å². The fourth-order valence-corrected chi connectivity index (χ4v) is 14.3. The monoisotopic (exact) mass is 1060 g/mol. The lowest BCUT2D eigenvalue weighted by atomic mass is 9.90. The van der Waals surface area contributed by atoms with E-state index in [1.807, 2.05) is 97.1 Å². The molecule has 9 heteroatoms. The predicted octanol–water partition coefficient (Wildman–Crippen LogP) is 20.0. The molecule has 9 nitrogen and oxygen atoms in total. The molecule has 0 unspecified atom stereocenters. The Morgan fingerprint density at radius 2 is 0.614 bits per heavy atom. The molecule has 0 aliphatic rings. The first-order chi connectivity index (χ1) is 41.1. The van der Waals surface area contributed by atoms with Crippen molar-refractivity contribution in [2.75, 3.05) is 0 Å². The molecule has 0 N–H and O–H groups in total. The Kier molecular flexibility index (Phi) is 8.48. The van der Waals surface area contributed by atoms with Gasteiger partial charge in [-0.3, -0.25) is 0 Å². The lowest BCUT2D eigenvalue weighted by Crippen LogP contribution is -2.14. The van der Waals surface area contributed by atoms with E-state index in [9.17, 15) is 10.5 Å². The van der Waals surface area contributed by atoms with Crippen LogP contribution in [0, 0.1) is 22.7 Å². The van der Waals surface area contributed by atoms with Crippen molar-refractivity contribution < 1.29 is 17.7 Å². The Balaban J connectivity index is 1.11. The van der Waals surface area contributed by atoms with Crippen LogP contribution in [-0.4, -0.2) is 13.7 Å². The van der Waals surface area contributed by atoms with E-state index in [-0.39, 0.29) is 11.1 Å². The molecule has 0 aliphatic carbocycles. The van der Waals surface area contributed by atoms with Crippen LogP contribution in [0.4, 0.5) is 0 Å². The molecule has 0 aliphatic heterocycles. The van der Waals surface area contributed by atoms with Gasteiger partial charge in [-0.05, 0) is 78.9 Å². The summed E-state index contributed by atoms with van der Waals surface area (Å²) in [6.45, 7) is 0. The average Bonchev–Trinajstić information content (AvgIpc) is 2.72. The van der Waals surface area contributed by atoms with Crippen LogP contribution >= 0.6 is 0 Å². The van der Waals surface area contributed by atoms with Crippen LogP contribution in [-0.2, 0) is 0 Å². The molecule has 0 radical (unpaired) electrons. The van der Waals surface area contributed by atoms with Crippen LogP contribution in [0.5, 0.6) is 0 Å². The molecule has 7 aromatic heterocycles. The zero-order chi connectivity index (χ0) is 54.3. The Hall–Kier alpha value is -11.8. The number of benzene rings is 12. The number of nitriles is 2. The zero-order valence-corrected chi connectivity index (χ0v) is 43.7. The third-order valence-electron chi connectivity index (χ3n) is 17.5. The van der Waals surface area contributed by atoms with E-state index in [2.05, 4.69) is 153 Å². The van der Waals surface area contributed by atoms with E-state index in [1.54, 1.807) is 0 Å². The van der Waals surface area contributed by atoms with Crippen LogP contribution in [0.3, 0.4) is 0 Å². The fraction of sp³-hybridized carbons (Fsp3) is 0. The van der Waals surface area contributed by atoms with Crippen molar-refractivity contribution in [2.24, 2.45) is 0 Å². The van der Waals surface area contributed by atoms with E-state index in [1.165, 1.54) is 0 Å². The summed E-state index contributed by atoms with van der Waals surface area (Å²) in [5.41, 5.74) is 14.5. The second-order valence-electron chi connectivity index (χ2n) is 21.5. The Labute approximate surface area is 468 Å². The van der Waals surface area contributed by atoms with Gasteiger partial charge in [-0.2, -0.15) is 10.5 Å². The summed E-state index contributed by atoms with van der Waals surface area (Å²) < 4.78 is 33.7. The van der Waals surface area contributed by atoms with Gasteiger partial charge >= 0.3 is 0 Å². The topological polar surface area (TPSA) is 115 Å². The van der Waals surface area contributed by atoms with E-state index in [0.29, 0.717) is 39.4 Å². The number of aromatic nitrogens is 3. The lowest BCUT2D eigenvalue weighted by Gasteiger charge is -2.26. The molecular formula is C74H37N5O4. The molecular weight excluding hydrogens is 1020 g/mol. The highest BCUT2D eigenvalue weighted by atomic mass is 16.3. The first-order valence-electron chi connectivity index (χ1n) is 27.6. The maximum Gasteiger partial charge on any atom is 0.143 e. The summed E-state index contributed by atoms with van der Waals surface area (Å²) in [5, 5.41) is 39.0. The summed E-state index contributed by atoms with van der Waals surface area (Å²) in [6, 6.07) is 82.2. The van der Waals surface area contributed by atoms with Crippen LogP contribution in [0.2, 0.25) is 0 Å². The highest BCUT2D eigenvalue weighted by Gasteiger charge is 2.35. The number of hydrogen-bond acceptors (Lipinski definition) is 6.